The molecule has 0 N–H and O–H groups in total. The van der Waals surface area contributed by atoms with Gasteiger partial charge in [0.25, 0.3) is 5.56 Å². The van der Waals surface area contributed by atoms with Gasteiger partial charge in [-0.1, -0.05) is 72.7 Å². The number of hydrogen-bond acceptors (Lipinski definition) is 5. The van der Waals surface area contributed by atoms with Crippen molar-refractivity contribution in [3.05, 3.63) is 74.5 Å². The van der Waals surface area contributed by atoms with E-state index in [1.165, 1.54) is 21.4 Å². The van der Waals surface area contributed by atoms with Gasteiger partial charge in [0.05, 0.1) is 11.1 Å². The van der Waals surface area contributed by atoms with E-state index in [1.807, 2.05) is 61.5 Å². The first-order valence-electron chi connectivity index (χ1n) is 9.36. The summed E-state index contributed by atoms with van der Waals surface area (Å²) >= 11 is 1.34. The van der Waals surface area contributed by atoms with E-state index < -0.39 is 0 Å². The van der Waals surface area contributed by atoms with Crippen LogP contribution >= 0.6 is 11.3 Å². The Morgan fingerprint density at radius 1 is 1.14 bits per heavy atom. The third kappa shape index (κ3) is 3.68. The summed E-state index contributed by atoms with van der Waals surface area (Å²) in [6.45, 7) is 4.83. The number of aromatic nitrogens is 3. The lowest BCUT2D eigenvalue weighted by atomic mass is 10.1. The fourth-order valence-corrected chi connectivity index (χ4v) is 3.76. The molecule has 0 bridgehead atoms. The standard InChI is InChI=1S/C22H21N3O2S/c1-3-4-13-27-18-8-6-5-7-17(18)14-19-21(26)25-22(28-19)23-20(24-25)16-11-9-15(2)10-12-16/h5-12,14H,3-4,13H2,1-2H3. The summed E-state index contributed by atoms with van der Waals surface area (Å²) in [7, 11) is 0. The van der Waals surface area contributed by atoms with Crippen LogP contribution in [-0.2, 0) is 0 Å². The van der Waals surface area contributed by atoms with E-state index >= 15 is 0 Å². The minimum absolute atomic E-state index is 0.158. The van der Waals surface area contributed by atoms with Gasteiger partial charge in [-0.15, -0.1) is 5.10 Å². The SMILES string of the molecule is CCCCOc1ccccc1C=c1sc2nc(-c3ccc(C)cc3)nn2c1=O. The van der Waals surface area contributed by atoms with Crippen LogP contribution in [-0.4, -0.2) is 21.2 Å². The van der Waals surface area contributed by atoms with Gasteiger partial charge in [-0.2, -0.15) is 9.50 Å². The average Bonchev–Trinajstić information content (AvgIpc) is 3.24. The molecule has 2 aromatic carbocycles. The van der Waals surface area contributed by atoms with Crippen molar-refractivity contribution in [3.8, 4) is 17.1 Å². The van der Waals surface area contributed by atoms with Crippen molar-refractivity contribution < 1.29 is 4.74 Å². The topological polar surface area (TPSA) is 56.5 Å². The Bertz CT molecular complexity index is 1210. The summed E-state index contributed by atoms with van der Waals surface area (Å²) in [5.41, 5.74) is 2.81. The quantitative estimate of drug-likeness (QED) is 0.469. The molecule has 0 unspecified atom stereocenters. The summed E-state index contributed by atoms with van der Waals surface area (Å²) in [5.74, 6) is 1.35. The minimum atomic E-state index is -0.158. The van der Waals surface area contributed by atoms with E-state index in [4.69, 9.17) is 4.74 Å². The molecule has 0 fully saturated rings. The maximum atomic E-state index is 12.8. The molecule has 2 heterocycles. The zero-order valence-electron chi connectivity index (χ0n) is 15.9. The number of hydrogen-bond donors (Lipinski definition) is 0. The van der Waals surface area contributed by atoms with E-state index in [1.54, 1.807) is 0 Å². The lowest BCUT2D eigenvalue weighted by Crippen LogP contribution is -2.23. The van der Waals surface area contributed by atoms with Crippen LogP contribution in [0.4, 0.5) is 0 Å². The number of ether oxygens (including phenoxy) is 1. The normalized spacial score (nSPS) is 12.0. The second-order valence-electron chi connectivity index (χ2n) is 6.65. The Labute approximate surface area is 166 Å². The Morgan fingerprint density at radius 3 is 2.68 bits per heavy atom. The summed E-state index contributed by atoms with van der Waals surface area (Å²) in [6.07, 6.45) is 3.93. The number of unbranched alkanes of at least 4 members (excludes halogenated alkanes) is 1. The number of benzene rings is 2. The highest BCUT2D eigenvalue weighted by atomic mass is 32.1. The van der Waals surface area contributed by atoms with Gasteiger partial charge in [-0.25, -0.2) is 0 Å². The van der Waals surface area contributed by atoms with Crippen molar-refractivity contribution in [1.82, 2.24) is 14.6 Å². The maximum absolute atomic E-state index is 12.8. The first kappa shape index (κ1) is 18.4. The van der Waals surface area contributed by atoms with Crippen molar-refractivity contribution in [1.29, 1.82) is 0 Å². The first-order valence-corrected chi connectivity index (χ1v) is 10.2. The third-order valence-electron chi connectivity index (χ3n) is 4.45. The lowest BCUT2D eigenvalue weighted by Gasteiger charge is -2.07. The predicted octanol–water partition coefficient (Wildman–Crippen LogP) is 3.85. The Morgan fingerprint density at radius 2 is 1.93 bits per heavy atom. The number of aryl methyl sites for hydroxylation is 1. The predicted molar refractivity (Wildman–Crippen MR) is 113 cm³/mol. The molecule has 0 radical (unpaired) electrons. The van der Waals surface area contributed by atoms with Gasteiger partial charge in [0.15, 0.2) is 5.82 Å². The van der Waals surface area contributed by atoms with Crippen LogP contribution in [0.2, 0.25) is 0 Å². The zero-order valence-corrected chi connectivity index (χ0v) is 16.7. The molecular formula is C22H21N3O2S. The van der Waals surface area contributed by atoms with Crippen LogP contribution in [0, 0.1) is 6.92 Å². The molecule has 0 aliphatic rings. The van der Waals surface area contributed by atoms with Crippen molar-refractivity contribution in [2.75, 3.05) is 6.61 Å². The highest BCUT2D eigenvalue weighted by molar-refractivity contribution is 7.15. The van der Waals surface area contributed by atoms with Crippen LogP contribution in [0.3, 0.4) is 0 Å². The molecule has 2 aromatic heterocycles. The first-order chi connectivity index (χ1) is 13.7. The number of nitrogens with zero attached hydrogens (tertiary/aromatic N) is 3. The molecule has 5 nitrogen and oxygen atoms in total. The van der Waals surface area contributed by atoms with Crippen LogP contribution in [0.5, 0.6) is 5.75 Å². The Hall–Kier alpha value is -2.99. The fourth-order valence-electron chi connectivity index (χ4n) is 2.86. The Balaban J connectivity index is 1.71. The highest BCUT2D eigenvalue weighted by Gasteiger charge is 2.12. The average molecular weight is 391 g/mol. The second-order valence-corrected chi connectivity index (χ2v) is 7.66. The molecular weight excluding hydrogens is 370 g/mol. The number of para-hydroxylation sites is 1. The highest BCUT2D eigenvalue weighted by Crippen LogP contribution is 2.20. The molecule has 0 saturated heterocycles. The molecule has 28 heavy (non-hydrogen) atoms. The van der Waals surface area contributed by atoms with Crippen molar-refractivity contribution in [2.24, 2.45) is 0 Å². The van der Waals surface area contributed by atoms with E-state index in [0.717, 1.165) is 29.7 Å². The number of thiazole rings is 1. The number of fused-ring (bicyclic) bond motifs is 1. The molecule has 0 aliphatic heterocycles. The smallest absolute Gasteiger partial charge is 0.291 e. The summed E-state index contributed by atoms with van der Waals surface area (Å²) in [4.78, 5) is 17.9. The summed E-state index contributed by atoms with van der Waals surface area (Å²) in [5, 5.41) is 4.41. The number of rotatable bonds is 6. The van der Waals surface area contributed by atoms with Gasteiger partial charge < -0.3 is 4.74 Å². The van der Waals surface area contributed by atoms with Crippen molar-refractivity contribution >= 4 is 22.4 Å². The van der Waals surface area contributed by atoms with E-state index in [9.17, 15) is 4.79 Å². The Kier molecular flexibility index (Phi) is 5.21. The molecule has 0 spiro atoms. The zero-order chi connectivity index (χ0) is 19.5. The van der Waals surface area contributed by atoms with Crippen molar-refractivity contribution in [3.63, 3.8) is 0 Å². The maximum Gasteiger partial charge on any atom is 0.291 e. The molecule has 0 saturated carbocycles. The molecule has 0 aliphatic carbocycles. The van der Waals surface area contributed by atoms with E-state index in [2.05, 4.69) is 17.0 Å². The van der Waals surface area contributed by atoms with Gasteiger partial charge in [0.1, 0.15) is 5.75 Å². The largest absolute Gasteiger partial charge is 0.493 e. The van der Waals surface area contributed by atoms with Crippen LogP contribution in [0.1, 0.15) is 30.9 Å². The molecule has 142 valence electrons. The molecule has 4 aromatic rings. The monoisotopic (exact) mass is 391 g/mol. The van der Waals surface area contributed by atoms with Crippen molar-refractivity contribution in [2.45, 2.75) is 26.7 Å². The van der Waals surface area contributed by atoms with E-state index in [-0.39, 0.29) is 5.56 Å². The molecule has 0 amide bonds. The third-order valence-corrected chi connectivity index (χ3v) is 5.41. The van der Waals surface area contributed by atoms with Gasteiger partial charge >= 0.3 is 0 Å². The molecule has 4 rings (SSSR count). The fraction of sp³-hybridized carbons (Fsp3) is 0.227. The van der Waals surface area contributed by atoms with Gasteiger partial charge in [-0.05, 0) is 25.5 Å². The second kappa shape index (κ2) is 7.94. The van der Waals surface area contributed by atoms with E-state index in [0.29, 0.717) is 21.9 Å². The van der Waals surface area contributed by atoms with Crippen LogP contribution in [0.25, 0.3) is 22.4 Å². The molecule has 6 heteroatoms. The lowest BCUT2D eigenvalue weighted by molar-refractivity contribution is 0.309. The van der Waals surface area contributed by atoms with Crippen LogP contribution in [0.15, 0.2) is 53.3 Å². The van der Waals surface area contributed by atoms with Gasteiger partial charge in [0.2, 0.25) is 4.96 Å². The van der Waals surface area contributed by atoms with Gasteiger partial charge in [-0.3, -0.25) is 4.79 Å². The van der Waals surface area contributed by atoms with Gasteiger partial charge in [0, 0.05) is 11.1 Å². The van der Waals surface area contributed by atoms with Crippen LogP contribution < -0.4 is 14.8 Å². The molecule has 0 atom stereocenters. The summed E-state index contributed by atoms with van der Waals surface area (Å²) in [6, 6.07) is 15.7. The summed E-state index contributed by atoms with van der Waals surface area (Å²) < 4.78 is 7.84. The minimum Gasteiger partial charge on any atom is -0.493 e.